The minimum absolute atomic E-state index is 0.137. The van der Waals surface area contributed by atoms with E-state index >= 15 is 0 Å². The van der Waals surface area contributed by atoms with Crippen LogP contribution in [0.15, 0.2) is 52.9 Å². The van der Waals surface area contributed by atoms with Gasteiger partial charge in [-0.3, -0.25) is 4.79 Å². The molecule has 27 heavy (non-hydrogen) atoms. The number of rotatable bonds is 6. The molecular weight excluding hydrogens is 402 g/mol. The molecule has 0 aliphatic heterocycles. The molecule has 136 valence electrons. The Labute approximate surface area is 168 Å². The van der Waals surface area contributed by atoms with Gasteiger partial charge in [0, 0.05) is 5.02 Å². The van der Waals surface area contributed by atoms with Crippen molar-refractivity contribution in [2.24, 2.45) is 0 Å². The first-order valence-electron chi connectivity index (χ1n) is 8.10. The number of imidazole rings is 1. The van der Waals surface area contributed by atoms with Crippen LogP contribution in [0, 0.1) is 0 Å². The Morgan fingerprint density at radius 1 is 1.15 bits per heavy atom. The maximum absolute atomic E-state index is 12.1. The van der Waals surface area contributed by atoms with Crippen molar-refractivity contribution in [1.29, 1.82) is 0 Å². The van der Waals surface area contributed by atoms with E-state index in [1.807, 2.05) is 36.4 Å². The van der Waals surface area contributed by atoms with Crippen molar-refractivity contribution in [3.63, 3.8) is 0 Å². The summed E-state index contributed by atoms with van der Waals surface area (Å²) in [6.07, 6.45) is 0.262. The van der Waals surface area contributed by atoms with E-state index in [2.05, 4.69) is 25.5 Å². The van der Waals surface area contributed by atoms with Crippen LogP contribution in [0.2, 0.25) is 5.02 Å². The number of hydrogen-bond donors (Lipinski definition) is 2. The second-order valence-electron chi connectivity index (χ2n) is 5.71. The molecule has 6 nitrogen and oxygen atoms in total. The minimum Gasteiger partial charge on any atom is -0.341 e. The molecule has 4 aromatic rings. The van der Waals surface area contributed by atoms with Crippen molar-refractivity contribution in [2.75, 3.05) is 5.32 Å². The Balaban J connectivity index is 1.32. The smallest absolute Gasteiger partial charge is 0.230 e. The lowest BCUT2D eigenvalue weighted by Crippen LogP contribution is -2.14. The normalized spacial score (nSPS) is 11.0. The largest absolute Gasteiger partial charge is 0.341 e. The van der Waals surface area contributed by atoms with Gasteiger partial charge in [-0.2, -0.15) is 0 Å². The number of anilines is 1. The van der Waals surface area contributed by atoms with Crippen LogP contribution >= 0.6 is 34.7 Å². The first-order valence-corrected chi connectivity index (χ1v) is 10.3. The fraction of sp³-hybridized carbons (Fsp3) is 0.111. The number of nitrogens with one attached hydrogen (secondary N) is 2. The maximum Gasteiger partial charge on any atom is 0.230 e. The van der Waals surface area contributed by atoms with Crippen molar-refractivity contribution in [2.45, 2.75) is 16.5 Å². The SMILES string of the molecule is O=C(Cc1ccc(Cl)cc1)Nc1nnc(SCc2nc3ccccc3[nH]2)s1. The zero-order valence-corrected chi connectivity index (χ0v) is 16.4. The van der Waals surface area contributed by atoms with Gasteiger partial charge in [-0.25, -0.2) is 4.98 Å². The molecule has 0 aliphatic carbocycles. The number of amides is 1. The topological polar surface area (TPSA) is 83.6 Å². The number of H-pyrrole nitrogens is 1. The van der Waals surface area contributed by atoms with E-state index in [9.17, 15) is 4.79 Å². The van der Waals surface area contributed by atoms with Gasteiger partial charge in [0.1, 0.15) is 5.82 Å². The number of carbonyl (C=O) groups is 1. The molecule has 0 bridgehead atoms. The molecule has 4 rings (SSSR count). The molecule has 2 aromatic carbocycles. The summed E-state index contributed by atoms with van der Waals surface area (Å²) in [5, 5.41) is 12.1. The Bertz CT molecular complexity index is 1040. The fourth-order valence-corrected chi connectivity index (χ4v) is 4.24. The molecule has 9 heteroatoms. The fourth-order valence-electron chi connectivity index (χ4n) is 2.47. The average molecular weight is 416 g/mol. The van der Waals surface area contributed by atoms with Gasteiger partial charge in [-0.15, -0.1) is 10.2 Å². The van der Waals surface area contributed by atoms with Crippen molar-refractivity contribution in [3.8, 4) is 0 Å². The van der Waals surface area contributed by atoms with E-state index in [1.165, 1.54) is 23.1 Å². The number of fused-ring (bicyclic) bond motifs is 1. The molecule has 1 amide bonds. The number of carbonyl (C=O) groups excluding carboxylic acids is 1. The predicted molar refractivity (Wildman–Crippen MR) is 109 cm³/mol. The second kappa shape index (κ2) is 8.08. The van der Waals surface area contributed by atoms with E-state index in [0.29, 0.717) is 15.9 Å². The lowest BCUT2D eigenvalue weighted by atomic mass is 10.1. The Morgan fingerprint density at radius 3 is 2.78 bits per heavy atom. The van der Waals surface area contributed by atoms with Crippen LogP contribution < -0.4 is 5.32 Å². The molecular formula is C18H14ClN5OS2. The summed E-state index contributed by atoms with van der Waals surface area (Å²) in [7, 11) is 0. The van der Waals surface area contributed by atoms with Gasteiger partial charge in [0.2, 0.25) is 11.0 Å². The number of aromatic amines is 1. The van der Waals surface area contributed by atoms with Gasteiger partial charge in [0.15, 0.2) is 4.34 Å². The van der Waals surface area contributed by atoms with E-state index in [4.69, 9.17) is 11.6 Å². The Morgan fingerprint density at radius 2 is 1.96 bits per heavy atom. The summed E-state index contributed by atoms with van der Waals surface area (Å²) in [4.78, 5) is 19.9. The molecule has 0 atom stereocenters. The van der Waals surface area contributed by atoms with Crippen LogP contribution in [0.5, 0.6) is 0 Å². The molecule has 2 aromatic heterocycles. The lowest BCUT2D eigenvalue weighted by Gasteiger charge is -2.01. The summed E-state index contributed by atoms with van der Waals surface area (Å²) in [6.45, 7) is 0. The van der Waals surface area contributed by atoms with E-state index in [-0.39, 0.29) is 12.3 Å². The van der Waals surface area contributed by atoms with Gasteiger partial charge in [0.25, 0.3) is 0 Å². The summed E-state index contributed by atoms with van der Waals surface area (Å²) in [6, 6.07) is 15.1. The zero-order chi connectivity index (χ0) is 18.6. The maximum atomic E-state index is 12.1. The van der Waals surface area contributed by atoms with E-state index < -0.39 is 0 Å². The highest BCUT2D eigenvalue weighted by Gasteiger charge is 2.11. The van der Waals surface area contributed by atoms with Crippen LogP contribution in [0.4, 0.5) is 5.13 Å². The molecule has 2 heterocycles. The first-order chi connectivity index (χ1) is 13.2. The number of halogens is 1. The van der Waals surface area contributed by atoms with E-state index in [0.717, 1.165) is 26.8 Å². The second-order valence-corrected chi connectivity index (χ2v) is 8.35. The highest BCUT2D eigenvalue weighted by molar-refractivity contribution is 8.00. The average Bonchev–Trinajstić information content (AvgIpc) is 3.28. The quantitative estimate of drug-likeness (QED) is 0.356. The number of nitrogens with zero attached hydrogens (tertiary/aromatic N) is 3. The van der Waals surface area contributed by atoms with Crippen LogP contribution in [-0.2, 0) is 17.0 Å². The number of hydrogen-bond acceptors (Lipinski definition) is 6. The predicted octanol–water partition coefficient (Wildman–Crippen LogP) is 4.54. The summed E-state index contributed by atoms with van der Waals surface area (Å²) >= 11 is 8.73. The summed E-state index contributed by atoms with van der Waals surface area (Å²) in [5.74, 6) is 1.40. The number of benzene rings is 2. The number of thioether (sulfide) groups is 1. The van der Waals surface area contributed by atoms with Crippen LogP contribution in [0.25, 0.3) is 11.0 Å². The van der Waals surface area contributed by atoms with Gasteiger partial charge in [-0.1, -0.05) is 59.0 Å². The third kappa shape index (κ3) is 4.65. The first kappa shape index (κ1) is 18.0. The molecule has 0 radical (unpaired) electrons. The minimum atomic E-state index is -0.137. The van der Waals surface area contributed by atoms with E-state index in [1.54, 1.807) is 12.1 Å². The van der Waals surface area contributed by atoms with Crippen molar-refractivity contribution >= 4 is 56.8 Å². The third-order valence-corrected chi connectivity index (χ3v) is 5.94. The molecule has 2 N–H and O–H groups in total. The highest BCUT2D eigenvalue weighted by atomic mass is 35.5. The van der Waals surface area contributed by atoms with Gasteiger partial charge in [0.05, 0.1) is 23.2 Å². The molecule has 0 fully saturated rings. The monoisotopic (exact) mass is 415 g/mol. The third-order valence-electron chi connectivity index (χ3n) is 3.70. The highest BCUT2D eigenvalue weighted by Crippen LogP contribution is 2.28. The van der Waals surface area contributed by atoms with Crippen LogP contribution in [-0.4, -0.2) is 26.1 Å². The molecule has 0 saturated carbocycles. The number of aromatic nitrogens is 4. The summed E-state index contributed by atoms with van der Waals surface area (Å²) in [5.41, 5.74) is 2.85. The van der Waals surface area contributed by atoms with Gasteiger partial charge < -0.3 is 10.3 Å². The zero-order valence-electron chi connectivity index (χ0n) is 14.0. The van der Waals surface area contributed by atoms with Crippen molar-refractivity contribution in [1.82, 2.24) is 20.2 Å². The standard InChI is InChI=1S/C18H14ClN5OS2/c19-12-7-5-11(6-8-12)9-16(25)22-17-23-24-18(27-17)26-10-15-20-13-3-1-2-4-14(13)21-15/h1-8H,9-10H2,(H,20,21)(H,22,23,25). The van der Waals surface area contributed by atoms with Gasteiger partial charge in [-0.05, 0) is 29.8 Å². The number of para-hydroxylation sites is 2. The van der Waals surface area contributed by atoms with Crippen LogP contribution in [0.3, 0.4) is 0 Å². The molecule has 0 unspecified atom stereocenters. The van der Waals surface area contributed by atoms with Crippen molar-refractivity contribution in [3.05, 3.63) is 64.9 Å². The van der Waals surface area contributed by atoms with Gasteiger partial charge >= 0.3 is 0 Å². The van der Waals surface area contributed by atoms with Crippen LogP contribution in [0.1, 0.15) is 11.4 Å². The molecule has 0 aliphatic rings. The Kier molecular flexibility index (Phi) is 5.38. The molecule has 0 spiro atoms. The van der Waals surface area contributed by atoms with Crippen molar-refractivity contribution < 1.29 is 4.79 Å². The summed E-state index contributed by atoms with van der Waals surface area (Å²) < 4.78 is 0.775. The Hall–Kier alpha value is -2.42. The lowest BCUT2D eigenvalue weighted by molar-refractivity contribution is -0.115. The molecule has 0 saturated heterocycles.